The number of anilines is 1. The Morgan fingerprint density at radius 3 is 2.26 bits per heavy atom. The number of hydrogen-bond acceptors (Lipinski definition) is 4. The normalized spacial score (nSPS) is 11.3. The quantitative estimate of drug-likeness (QED) is 0.699. The minimum absolute atomic E-state index is 0.243. The Morgan fingerprint density at radius 2 is 1.67 bits per heavy atom. The molecule has 0 aliphatic rings. The zero-order valence-electron chi connectivity index (χ0n) is 16.0. The van der Waals surface area contributed by atoms with Crippen molar-refractivity contribution < 1.29 is 17.9 Å². The summed E-state index contributed by atoms with van der Waals surface area (Å²) in [6.45, 7) is 2.69. The van der Waals surface area contributed by atoms with Gasteiger partial charge in [0, 0.05) is 26.7 Å². The monoisotopic (exact) mass is 391 g/mol. The van der Waals surface area contributed by atoms with E-state index >= 15 is 0 Å². The topological polar surface area (TPSA) is 79.0 Å². The molecule has 2 aromatic rings. The second kappa shape index (κ2) is 8.88. The lowest BCUT2D eigenvalue weighted by Gasteiger charge is -2.23. The molecule has 0 bridgehead atoms. The van der Waals surface area contributed by atoms with Crippen molar-refractivity contribution in [3.8, 4) is 5.75 Å². The van der Waals surface area contributed by atoms with E-state index in [-0.39, 0.29) is 5.91 Å². The molecule has 0 fully saturated rings. The highest BCUT2D eigenvalue weighted by Crippen LogP contribution is 2.18. The van der Waals surface area contributed by atoms with Gasteiger partial charge in [0.25, 0.3) is 5.91 Å². The van der Waals surface area contributed by atoms with Gasteiger partial charge in [-0.2, -0.15) is 12.7 Å². The van der Waals surface area contributed by atoms with Gasteiger partial charge in [0.05, 0.1) is 12.2 Å². The summed E-state index contributed by atoms with van der Waals surface area (Å²) in [6.07, 6.45) is 0. The molecule has 1 N–H and O–H groups in total. The number of para-hydroxylation sites is 1. The van der Waals surface area contributed by atoms with Crippen LogP contribution in [-0.2, 0) is 10.2 Å². The SMILES string of the molecule is Cc1ccccc1OCCNC(=O)c1ccc(N(C)S(=O)(=O)N(C)C)cc1. The minimum Gasteiger partial charge on any atom is -0.491 e. The molecule has 0 saturated heterocycles. The molecule has 0 aromatic heterocycles. The van der Waals surface area contributed by atoms with Gasteiger partial charge in [0.2, 0.25) is 0 Å². The minimum atomic E-state index is -3.56. The molecule has 1 amide bonds. The number of carbonyl (C=O) groups excluding carboxylic acids is 1. The summed E-state index contributed by atoms with van der Waals surface area (Å²) in [6, 6.07) is 14.1. The lowest BCUT2D eigenvalue weighted by atomic mass is 10.2. The van der Waals surface area contributed by atoms with Gasteiger partial charge in [0.15, 0.2) is 0 Å². The molecule has 0 saturated carbocycles. The number of rotatable bonds is 8. The third kappa shape index (κ3) is 5.21. The molecule has 0 atom stereocenters. The third-order valence-electron chi connectivity index (χ3n) is 4.04. The predicted octanol–water partition coefficient (Wildman–Crippen LogP) is 2.05. The van der Waals surface area contributed by atoms with E-state index in [0.29, 0.717) is 24.4 Å². The van der Waals surface area contributed by atoms with E-state index < -0.39 is 10.2 Å². The smallest absolute Gasteiger partial charge is 0.303 e. The molecule has 146 valence electrons. The number of hydrogen-bond donors (Lipinski definition) is 1. The fourth-order valence-electron chi connectivity index (χ4n) is 2.35. The van der Waals surface area contributed by atoms with Crippen LogP contribution in [0.3, 0.4) is 0 Å². The molecule has 0 aliphatic heterocycles. The van der Waals surface area contributed by atoms with Crippen LogP contribution >= 0.6 is 0 Å². The van der Waals surface area contributed by atoms with Gasteiger partial charge in [-0.15, -0.1) is 0 Å². The Labute approximate surface area is 160 Å². The first-order valence-electron chi connectivity index (χ1n) is 8.46. The van der Waals surface area contributed by atoms with Gasteiger partial charge in [-0.25, -0.2) is 0 Å². The Bertz CT molecular complexity index is 880. The van der Waals surface area contributed by atoms with Crippen molar-refractivity contribution in [3.63, 3.8) is 0 Å². The molecule has 0 radical (unpaired) electrons. The van der Waals surface area contributed by atoms with Crippen LogP contribution in [0.2, 0.25) is 0 Å². The van der Waals surface area contributed by atoms with Gasteiger partial charge in [-0.1, -0.05) is 18.2 Å². The summed E-state index contributed by atoms with van der Waals surface area (Å²) >= 11 is 0. The van der Waals surface area contributed by atoms with E-state index in [0.717, 1.165) is 19.9 Å². The van der Waals surface area contributed by atoms with Gasteiger partial charge < -0.3 is 10.1 Å². The molecule has 2 rings (SSSR count). The standard InChI is InChI=1S/C19H25N3O4S/c1-15-7-5-6-8-18(15)26-14-13-20-19(23)16-9-11-17(12-10-16)22(4)27(24,25)21(2)3/h5-12H,13-14H2,1-4H3,(H,20,23). The van der Waals surface area contributed by atoms with Crippen molar-refractivity contribution in [2.75, 3.05) is 38.6 Å². The summed E-state index contributed by atoms with van der Waals surface area (Å²) in [5, 5.41) is 2.78. The molecule has 0 aliphatic carbocycles. The molecule has 0 unspecified atom stereocenters. The van der Waals surface area contributed by atoms with E-state index in [9.17, 15) is 13.2 Å². The zero-order chi connectivity index (χ0) is 20.0. The van der Waals surface area contributed by atoms with Gasteiger partial charge >= 0.3 is 10.2 Å². The van der Waals surface area contributed by atoms with Gasteiger partial charge in [0.1, 0.15) is 12.4 Å². The van der Waals surface area contributed by atoms with E-state index in [4.69, 9.17) is 4.74 Å². The van der Waals surface area contributed by atoms with Crippen LogP contribution in [0.25, 0.3) is 0 Å². The fraction of sp³-hybridized carbons (Fsp3) is 0.316. The first-order chi connectivity index (χ1) is 12.7. The highest BCUT2D eigenvalue weighted by atomic mass is 32.2. The number of carbonyl (C=O) groups is 1. The first-order valence-corrected chi connectivity index (χ1v) is 9.86. The second-order valence-corrected chi connectivity index (χ2v) is 8.35. The van der Waals surface area contributed by atoms with E-state index in [2.05, 4.69) is 5.32 Å². The van der Waals surface area contributed by atoms with Crippen molar-refractivity contribution in [1.82, 2.24) is 9.62 Å². The van der Waals surface area contributed by atoms with Gasteiger partial charge in [-0.05, 0) is 42.8 Å². The van der Waals surface area contributed by atoms with Crippen LogP contribution in [0.1, 0.15) is 15.9 Å². The number of benzene rings is 2. The summed E-state index contributed by atoms with van der Waals surface area (Å²) in [5.74, 6) is 0.550. The lowest BCUT2D eigenvalue weighted by molar-refractivity contribution is 0.0947. The van der Waals surface area contributed by atoms with Crippen molar-refractivity contribution in [3.05, 3.63) is 59.7 Å². The summed E-state index contributed by atoms with van der Waals surface area (Å²) in [7, 11) is 0.835. The predicted molar refractivity (Wildman–Crippen MR) is 106 cm³/mol. The maximum atomic E-state index is 12.2. The van der Waals surface area contributed by atoms with Crippen molar-refractivity contribution in [2.45, 2.75) is 6.92 Å². The summed E-state index contributed by atoms with van der Waals surface area (Å²) < 4.78 is 32.2. The summed E-state index contributed by atoms with van der Waals surface area (Å²) in [5.41, 5.74) is 1.96. The maximum Gasteiger partial charge on any atom is 0.303 e. The fourth-order valence-corrected chi connectivity index (χ4v) is 3.22. The Balaban J connectivity index is 1.89. The average Bonchev–Trinajstić information content (AvgIpc) is 2.65. The molecule has 8 heteroatoms. The number of aryl methyl sites for hydroxylation is 1. The van der Waals surface area contributed by atoms with Crippen LogP contribution < -0.4 is 14.4 Å². The third-order valence-corrected chi connectivity index (χ3v) is 5.87. The molecule has 0 spiro atoms. The van der Waals surface area contributed by atoms with E-state index in [1.165, 1.54) is 21.1 Å². The van der Waals surface area contributed by atoms with Crippen LogP contribution in [0.4, 0.5) is 5.69 Å². The molecule has 2 aromatic carbocycles. The van der Waals surface area contributed by atoms with Crippen LogP contribution in [0.5, 0.6) is 5.75 Å². The molecule has 27 heavy (non-hydrogen) atoms. The van der Waals surface area contributed by atoms with E-state index in [1.807, 2.05) is 31.2 Å². The highest BCUT2D eigenvalue weighted by Gasteiger charge is 2.21. The first kappa shape index (κ1) is 20.7. The largest absolute Gasteiger partial charge is 0.491 e. The van der Waals surface area contributed by atoms with Crippen LogP contribution in [0, 0.1) is 6.92 Å². The van der Waals surface area contributed by atoms with E-state index in [1.54, 1.807) is 24.3 Å². The molecular weight excluding hydrogens is 366 g/mol. The number of ether oxygens (including phenoxy) is 1. The molecule has 0 heterocycles. The van der Waals surface area contributed by atoms with Crippen LogP contribution in [0.15, 0.2) is 48.5 Å². The summed E-state index contributed by atoms with van der Waals surface area (Å²) in [4.78, 5) is 12.2. The highest BCUT2D eigenvalue weighted by molar-refractivity contribution is 7.90. The maximum absolute atomic E-state index is 12.2. The average molecular weight is 391 g/mol. The number of nitrogens with one attached hydrogen (secondary N) is 1. The Hall–Kier alpha value is -2.58. The van der Waals surface area contributed by atoms with Crippen LogP contribution in [-0.4, -0.2) is 52.9 Å². The van der Waals surface area contributed by atoms with Gasteiger partial charge in [-0.3, -0.25) is 9.10 Å². The van der Waals surface area contributed by atoms with Crippen molar-refractivity contribution >= 4 is 21.8 Å². The lowest BCUT2D eigenvalue weighted by Crippen LogP contribution is -2.37. The number of amides is 1. The van der Waals surface area contributed by atoms with Crippen molar-refractivity contribution in [1.29, 1.82) is 0 Å². The molecule has 7 nitrogen and oxygen atoms in total. The Morgan fingerprint density at radius 1 is 1.04 bits per heavy atom. The second-order valence-electron chi connectivity index (χ2n) is 6.17. The molecular formula is C19H25N3O4S. The Kier molecular flexibility index (Phi) is 6.81. The number of nitrogens with zero attached hydrogens (tertiary/aromatic N) is 2. The zero-order valence-corrected chi connectivity index (χ0v) is 16.8. The van der Waals surface area contributed by atoms with Crippen molar-refractivity contribution in [2.24, 2.45) is 0 Å².